The van der Waals surface area contributed by atoms with Gasteiger partial charge in [-0.25, -0.2) is 4.79 Å². The topological polar surface area (TPSA) is 40.6 Å². The lowest BCUT2D eigenvalue weighted by molar-refractivity contribution is 0.0757. The van der Waals surface area contributed by atoms with Crippen molar-refractivity contribution < 1.29 is 9.59 Å². The van der Waals surface area contributed by atoms with E-state index >= 15 is 0 Å². The van der Waals surface area contributed by atoms with Gasteiger partial charge in [-0.2, -0.15) is 0 Å². The number of alkyl halides is 1. The highest BCUT2D eigenvalue weighted by molar-refractivity contribution is 9.09. The molecule has 21 heavy (non-hydrogen) atoms. The van der Waals surface area contributed by atoms with E-state index in [0.717, 1.165) is 31.0 Å². The molecule has 2 unspecified atom stereocenters. The fraction of sp³-hybridized carbons (Fsp3) is 0.500. The van der Waals surface area contributed by atoms with Gasteiger partial charge < -0.3 is 4.90 Å². The molecule has 2 fully saturated rings. The van der Waals surface area contributed by atoms with Gasteiger partial charge in [0.2, 0.25) is 0 Å². The summed E-state index contributed by atoms with van der Waals surface area (Å²) < 4.78 is 0. The van der Waals surface area contributed by atoms with Gasteiger partial charge in [0.1, 0.15) is 0 Å². The molecule has 0 bridgehead atoms. The molecule has 4 nitrogen and oxygen atoms in total. The van der Waals surface area contributed by atoms with Gasteiger partial charge in [0.15, 0.2) is 0 Å². The zero-order valence-electron chi connectivity index (χ0n) is 11.9. The maximum absolute atomic E-state index is 12.7. The van der Waals surface area contributed by atoms with Crippen molar-refractivity contribution in [2.45, 2.75) is 37.8 Å². The van der Waals surface area contributed by atoms with Gasteiger partial charge in [-0.3, -0.25) is 9.69 Å². The van der Waals surface area contributed by atoms with Crippen LogP contribution in [0.4, 0.5) is 4.79 Å². The van der Waals surface area contributed by atoms with Crippen LogP contribution in [0.1, 0.15) is 36.0 Å². The van der Waals surface area contributed by atoms with Crippen molar-refractivity contribution in [2.24, 2.45) is 0 Å². The minimum Gasteiger partial charge on any atom is -0.318 e. The lowest BCUT2D eigenvalue weighted by Crippen LogP contribution is -2.42. The van der Waals surface area contributed by atoms with Crippen molar-refractivity contribution in [3.8, 4) is 0 Å². The molecule has 1 aliphatic carbocycles. The molecule has 1 aliphatic heterocycles. The normalized spacial score (nSPS) is 25.1. The predicted octanol–water partition coefficient (Wildman–Crippen LogP) is 3.27. The number of fused-ring (bicyclic) bond motifs is 1. The zero-order chi connectivity index (χ0) is 14.8. The maximum Gasteiger partial charge on any atom is 0.327 e. The van der Waals surface area contributed by atoms with E-state index in [0.29, 0.717) is 12.1 Å². The number of carbonyl (C=O) groups excluding carboxylic acids is 2. The number of nitrogens with zero attached hydrogens (tertiary/aromatic N) is 2. The number of urea groups is 1. The summed E-state index contributed by atoms with van der Waals surface area (Å²) in [5, 5.41) is 0.745. The van der Waals surface area contributed by atoms with Crippen LogP contribution >= 0.6 is 15.9 Å². The Morgan fingerprint density at radius 1 is 1.14 bits per heavy atom. The van der Waals surface area contributed by atoms with Gasteiger partial charge in [0, 0.05) is 17.4 Å². The van der Waals surface area contributed by atoms with E-state index in [1.54, 1.807) is 12.1 Å². The Morgan fingerprint density at radius 2 is 1.81 bits per heavy atom. The number of hydrogen-bond donors (Lipinski definition) is 0. The number of halogens is 1. The van der Waals surface area contributed by atoms with Gasteiger partial charge in [-0.05, 0) is 25.0 Å². The summed E-state index contributed by atoms with van der Waals surface area (Å²) in [7, 11) is 0. The molecule has 1 aromatic carbocycles. The standard InChI is InChI=1S/C16H19BrN2O2/c17-10-11-18-13-8-4-5-9-14(13)19(16(18)21)15(20)12-6-2-1-3-7-12/h1-3,6-7,13-14H,4-5,8-11H2. The van der Waals surface area contributed by atoms with Crippen molar-refractivity contribution in [3.63, 3.8) is 0 Å². The Hall–Kier alpha value is -1.36. The van der Waals surface area contributed by atoms with Gasteiger partial charge in [0.25, 0.3) is 5.91 Å². The molecule has 1 aromatic rings. The molecule has 1 heterocycles. The molecule has 0 spiro atoms. The fourth-order valence-electron chi connectivity index (χ4n) is 3.49. The molecular formula is C16H19BrN2O2. The first kappa shape index (κ1) is 14.6. The molecule has 0 N–H and O–H groups in total. The Bertz CT molecular complexity index is 534. The average molecular weight is 351 g/mol. The van der Waals surface area contributed by atoms with Crippen molar-refractivity contribution in [1.29, 1.82) is 0 Å². The minimum absolute atomic E-state index is 0.0398. The van der Waals surface area contributed by atoms with Crippen LogP contribution in [-0.2, 0) is 0 Å². The van der Waals surface area contributed by atoms with Crippen LogP contribution in [0.15, 0.2) is 30.3 Å². The highest BCUT2D eigenvalue weighted by Gasteiger charge is 2.48. The number of rotatable bonds is 3. The van der Waals surface area contributed by atoms with Gasteiger partial charge in [0.05, 0.1) is 12.1 Å². The van der Waals surface area contributed by atoms with Crippen molar-refractivity contribution in [1.82, 2.24) is 9.80 Å². The molecule has 3 rings (SSSR count). The summed E-state index contributed by atoms with van der Waals surface area (Å²) in [4.78, 5) is 28.8. The van der Waals surface area contributed by atoms with Gasteiger partial charge >= 0.3 is 6.03 Å². The molecule has 2 atom stereocenters. The SMILES string of the molecule is O=C(c1ccccc1)N1C(=O)N(CCBr)C2CCCCC21. The van der Waals surface area contributed by atoms with Gasteiger partial charge in [-0.15, -0.1) is 0 Å². The Kier molecular flexibility index (Phi) is 4.29. The van der Waals surface area contributed by atoms with Crippen molar-refractivity contribution >= 4 is 27.9 Å². The summed E-state index contributed by atoms with van der Waals surface area (Å²) in [6, 6.07) is 9.21. The van der Waals surface area contributed by atoms with Crippen LogP contribution in [0.3, 0.4) is 0 Å². The molecule has 1 saturated heterocycles. The molecule has 112 valence electrons. The molecule has 3 amide bonds. The van der Waals surface area contributed by atoms with E-state index in [1.807, 2.05) is 23.1 Å². The lowest BCUT2D eigenvalue weighted by atomic mass is 9.90. The monoisotopic (exact) mass is 350 g/mol. The quantitative estimate of drug-likeness (QED) is 0.785. The summed E-state index contributed by atoms with van der Waals surface area (Å²) in [6.45, 7) is 0.665. The molecular weight excluding hydrogens is 332 g/mol. The van der Waals surface area contributed by atoms with Crippen molar-refractivity contribution in [2.75, 3.05) is 11.9 Å². The second-order valence-corrected chi connectivity index (χ2v) is 6.42. The number of carbonyl (C=O) groups is 2. The first-order valence-corrected chi connectivity index (χ1v) is 8.61. The van der Waals surface area contributed by atoms with Crippen LogP contribution < -0.4 is 0 Å². The number of hydrogen-bond acceptors (Lipinski definition) is 2. The number of imide groups is 1. The van der Waals surface area contributed by atoms with Crippen molar-refractivity contribution in [3.05, 3.63) is 35.9 Å². The van der Waals surface area contributed by atoms with Gasteiger partial charge in [-0.1, -0.05) is 47.0 Å². The number of amides is 3. The highest BCUT2D eigenvalue weighted by atomic mass is 79.9. The Balaban J connectivity index is 1.90. The Morgan fingerprint density at radius 3 is 2.48 bits per heavy atom. The van der Waals surface area contributed by atoms with Crippen LogP contribution in [0.2, 0.25) is 0 Å². The summed E-state index contributed by atoms with van der Waals surface area (Å²) in [5.41, 5.74) is 0.593. The fourth-order valence-corrected chi connectivity index (χ4v) is 3.87. The van der Waals surface area contributed by atoms with E-state index in [1.165, 1.54) is 4.90 Å². The van der Waals surface area contributed by atoms with Crippen LogP contribution in [0.5, 0.6) is 0 Å². The molecule has 2 aliphatic rings. The minimum atomic E-state index is -0.158. The average Bonchev–Trinajstić information content (AvgIpc) is 2.81. The second-order valence-electron chi connectivity index (χ2n) is 5.63. The first-order chi connectivity index (χ1) is 10.2. The third-order valence-corrected chi connectivity index (χ3v) is 4.80. The summed E-state index contributed by atoms with van der Waals surface area (Å²) in [6.07, 6.45) is 4.16. The predicted molar refractivity (Wildman–Crippen MR) is 84.6 cm³/mol. The van der Waals surface area contributed by atoms with Crippen LogP contribution in [0.25, 0.3) is 0 Å². The van der Waals surface area contributed by atoms with E-state index in [-0.39, 0.29) is 24.0 Å². The van der Waals surface area contributed by atoms with E-state index < -0.39 is 0 Å². The lowest BCUT2D eigenvalue weighted by Gasteiger charge is -2.31. The van der Waals surface area contributed by atoms with E-state index in [2.05, 4.69) is 15.9 Å². The maximum atomic E-state index is 12.7. The summed E-state index contributed by atoms with van der Waals surface area (Å²) in [5.74, 6) is -0.158. The number of benzene rings is 1. The Labute approximate surface area is 133 Å². The molecule has 1 saturated carbocycles. The van der Waals surface area contributed by atoms with Crippen LogP contribution in [0, 0.1) is 0 Å². The third kappa shape index (κ3) is 2.59. The zero-order valence-corrected chi connectivity index (χ0v) is 13.5. The third-order valence-electron chi connectivity index (χ3n) is 4.44. The molecule has 0 radical (unpaired) electrons. The van der Waals surface area contributed by atoms with E-state index in [4.69, 9.17) is 0 Å². The molecule has 0 aromatic heterocycles. The second kappa shape index (κ2) is 6.18. The highest BCUT2D eigenvalue weighted by Crippen LogP contribution is 2.35. The molecule has 5 heteroatoms. The largest absolute Gasteiger partial charge is 0.327 e. The summed E-state index contributed by atoms with van der Waals surface area (Å²) >= 11 is 3.41. The van der Waals surface area contributed by atoms with Crippen LogP contribution in [-0.4, -0.2) is 45.7 Å². The van der Waals surface area contributed by atoms with E-state index in [9.17, 15) is 9.59 Å². The first-order valence-electron chi connectivity index (χ1n) is 7.49. The smallest absolute Gasteiger partial charge is 0.318 e.